The van der Waals surface area contributed by atoms with Crippen LogP contribution in [0.5, 0.6) is 11.5 Å². The minimum atomic E-state index is -4.62. The first-order valence-corrected chi connectivity index (χ1v) is 18.1. The fourth-order valence-corrected chi connectivity index (χ4v) is 8.21. The normalized spacial score (nSPS) is 11.6. The topological polar surface area (TPSA) is 197 Å². The van der Waals surface area contributed by atoms with Crippen LogP contribution in [-0.2, 0) is 40.9 Å². The van der Waals surface area contributed by atoms with Gasteiger partial charge in [0.1, 0.15) is 24.6 Å². The smallest absolute Gasteiger partial charge is 0.324 e. The highest BCUT2D eigenvalue weighted by Gasteiger charge is 2.34. The Morgan fingerprint density at radius 2 is 1.18 bits per heavy atom. The van der Waals surface area contributed by atoms with E-state index < -0.39 is 51.0 Å². The average molecular weight is 728 g/mol. The van der Waals surface area contributed by atoms with E-state index in [0.29, 0.717) is 20.1 Å². The number of fused-ring (bicyclic) bond motifs is 1. The summed E-state index contributed by atoms with van der Waals surface area (Å²) in [6, 6.07) is 17.7. The number of aryl methyl sites for hydroxylation is 1. The quantitative estimate of drug-likeness (QED) is 0.152. The lowest BCUT2D eigenvalue weighted by molar-refractivity contribution is -0.136. The number of carboxylic acid groups (broad SMARTS) is 2. The van der Waals surface area contributed by atoms with Gasteiger partial charge in [0, 0.05) is 23.2 Å². The number of anilines is 2. The van der Waals surface area contributed by atoms with Crippen LogP contribution in [0.2, 0.25) is 0 Å². The Bertz CT molecular complexity index is 2100. The third-order valence-electron chi connectivity index (χ3n) is 7.52. The van der Waals surface area contributed by atoms with E-state index in [9.17, 15) is 41.4 Å². The molecule has 0 atom stereocenters. The van der Waals surface area contributed by atoms with E-state index in [4.69, 9.17) is 9.47 Å². The number of rotatable bonds is 16. The molecule has 50 heavy (non-hydrogen) atoms. The number of carboxylic acids is 2. The molecule has 0 aliphatic rings. The number of carbonyl (C=O) groups is 3. The Hall–Kier alpha value is -5.35. The molecule has 1 amide bonds. The molecule has 4 rings (SSSR count). The fraction of sp³-hybridized carbons (Fsp3) is 0.265. The molecule has 0 fully saturated rings. The second kappa shape index (κ2) is 15.5. The maximum atomic E-state index is 14.3. The summed E-state index contributed by atoms with van der Waals surface area (Å²) in [6.07, 6.45) is -0.375. The van der Waals surface area contributed by atoms with Gasteiger partial charge in [0.15, 0.2) is 0 Å². The van der Waals surface area contributed by atoms with Crippen molar-refractivity contribution in [3.63, 3.8) is 0 Å². The number of carbonyl (C=O) groups excluding carboxylic acids is 1. The summed E-state index contributed by atoms with van der Waals surface area (Å²) < 4.78 is 68.4. The van der Waals surface area contributed by atoms with E-state index in [1.54, 1.807) is 26.0 Å². The third-order valence-corrected chi connectivity index (χ3v) is 11.0. The Morgan fingerprint density at radius 1 is 0.720 bits per heavy atom. The molecule has 0 heterocycles. The number of ether oxygens (including phenoxy) is 2. The lowest BCUT2D eigenvalue weighted by Crippen LogP contribution is -2.38. The molecular formula is C34H37N3O11S2. The van der Waals surface area contributed by atoms with Crippen molar-refractivity contribution >= 4 is 60.0 Å². The van der Waals surface area contributed by atoms with Crippen molar-refractivity contribution in [2.75, 3.05) is 35.9 Å². The van der Waals surface area contributed by atoms with Crippen molar-refractivity contribution < 1.29 is 50.9 Å². The van der Waals surface area contributed by atoms with Crippen LogP contribution in [0.1, 0.15) is 25.8 Å². The third kappa shape index (κ3) is 8.26. The molecule has 0 spiro atoms. The minimum Gasteiger partial charge on any atom is -0.497 e. The summed E-state index contributed by atoms with van der Waals surface area (Å²) in [5.74, 6) is -2.66. The standard InChI is InChI=1S/C34H37N3O11S2/c1-22(2)35-31(38)18-9-23-19-30(36(20-32(39)40)49(43,44)26-14-10-24(47-3)11-15-26)28-7-5-6-8-29(28)34(23)37(21-33(41)42)50(45,46)27-16-12-25(48-4)13-17-27/h5-8,10-17,19,22H,9,18,20-21H2,1-4H3,(H,35,38)(H,39,40)(H,41,42). The fourth-order valence-electron chi connectivity index (χ4n) is 5.31. The van der Waals surface area contributed by atoms with E-state index in [1.807, 2.05) is 0 Å². The molecule has 0 aromatic heterocycles. The number of nitrogens with zero attached hydrogens (tertiary/aromatic N) is 2. The molecule has 16 heteroatoms. The number of amides is 1. The summed E-state index contributed by atoms with van der Waals surface area (Å²) in [5, 5.41) is 22.8. The molecule has 0 aliphatic carbocycles. The Kier molecular flexibility index (Phi) is 11.6. The van der Waals surface area contributed by atoms with Gasteiger partial charge in [-0.3, -0.25) is 23.0 Å². The van der Waals surface area contributed by atoms with E-state index in [0.717, 1.165) is 0 Å². The first-order valence-electron chi connectivity index (χ1n) is 15.2. The lowest BCUT2D eigenvalue weighted by Gasteiger charge is -2.30. The molecule has 3 N–H and O–H groups in total. The van der Waals surface area contributed by atoms with Crippen LogP contribution in [0, 0.1) is 0 Å². The summed E-state index contributed by atoms with van der Waals surface area (Å²) >= 11 is 0. The number of aliphatic carboxylic acids is 2. The zero-order valence-corrected chi connectivity index (χ0v) is 29.3. The summed E-state index contributed by atoms with van der Waals surface area (Å²) in [7, 11) is -6.39. The van der Waals surface area contributed by atoms with Crippen molar-refractivity contribution in [3.05, 3.63) is 84.4 Å². The first-order chi connectivity index (χ1) is 23.6. The first kappa shape index (κ1) is 37.5. The largest absolute Gasteiger partial charge is 0.497 e. The predicted molar refractivity (Wildman–Crippen MR) is 186 cm³/mol. The van der Waals surface area contributed by atoms with Crippen LogP contribution in [-0.4, -0.2) is 78.2 Å². The zero-order chi connectivity index (χ0) is 36.8. The van der Waals surface area contributed by atoms with E-state index in [-0.39, 0.29) is 56.4 Å². The number of hydrogen-bond donors (Lipinski definition) is 3. The van der Waals surface area contributed by atoms with Crippen LogP contribution in [0.4, 0.5) is 11.4 Å². The van der Waals surface area contributed by atoms with Crippen LogP contribution in [0.3, 0.4) is 0 Å². The van der Waals surface area contributed by atoms with Gasteiger partial charge < -0.3 is 25.0 Å². The number of sulfonamides is 2. The van der Waals surface area contributed by atoms with Gasteiger partial charge in [0.25, 0.3) is 20.0 Å². The molecule has 14 nitrogen and oxygen atoms in total. The minimum absolute atomic E-state index is 0.0799. The van der Waals surface area contributed by atoms with Crippen molar-refractivity contribution in [2.24, 2.45) is 0 Å². The van der Waals surface area contributed by atoms with Gasteiger partial charge in [-0.05, 0) is 80.4 Å². The number of benzene rings is 4. The van der Waals surface area contributed by atoms with Gasteiger partial charge in [-0.25, -0.2) is 16.8 Å². The average Bonchev–Trinajstić information content (AvgIpc) is 3.07. The summed E-state index contributed by atoms with van der Waals surface area (Å²) in [4.78, 5) is 36.8. The van der Waals surface area contributed by atoms with E-state index in [1.165, 1.54) is 80.9 Å². The highest BCUT2D eigenvalue weighted by Crippen LogP contribution is 2.42. The van der Waals surface area contributed by atoms with Gasteiger partial charge in [-0.1, -0.05) is 24.3 Å². The van der Waals surface area contributed by atoms with E-state index in [2.05, 4.69) is 5.32 Å². The summed E-state index contributed by atoms with van der Waals surface area (Å²) in [5.41, 5.74) is -0.160. The molecule has 0 radical (unpaired) electrons. The zero-order valence-electron chi connectivity index (χ0n) is 27.7. The van der Waals surface area contributed by atoms with Crippen LogP contribution < -0.4 is 23.4 Å². The van der Waals surface area contributed by atoms with Gasteiger partial charge in [0.2, 0.25) is 5.91 Å². The number of methoxy groups -OCH3 is 2. The Morgan fingerprint density at radius 3 is 1.64 bits per heavy atom. The van der Waals surface area contributed by atoms with Gasteiger partial charge in [0.05, 0.1) is 35.4 Å². The molecule has 0 unspecified atom stereocenters. The molecule has 4 aromatic rings. The SMILES string of the molecule is COc1ccc(S(=O)(=O)N(CC(=O)O)c2cc(CCC(=O)NC(C)C)c(N(CC(=O)O)S(=O)(=O)c3ccc(OC)cc3)c3ccccc23)cc1. The summed E-state index contributed by atoms with van der Waals surface area (Å²) in [6.45, 7) is 1.45. The second-order valence-electron chi connectivity index (χ2n) is 11.3. The molecular weight excluding hydrogens is 691 g/mol. The van der Waals surface area contributed by atoms with Gasteiger partial charge in [-0.2, -0.15) is 0 Å². The Balaban J connectivity index is 2.06. The van der Waals surface area contributed by atoms with Crippen molar-refractivity contribution in [2.45, 2.75) is 42.5 Å². The van der Waals surface area contributed by atoms with Crippen molar-refractivity contribution in [1.29, 1.82) is 0 Å². The second-order valence-corrected chi connectivity index (χ2v) is 15.1. The number of nitrogens with one attached hydrogen (secondary N) is 1. The van der Waals surface area contributed by atoms with Gasteiger partial charge in [-0.15, -0.1) is 0 Å². The van der Waals surface area contributed by atoms with Gasteiger partial charge >= 0.3 is 11.9 Å². The van der Waals surface area contributed by atoms with Crippen LogP contribution in [0.25, 0.3) is 10.8 Å². The molecule has 0 saturated heterocycles. The van der Waals surface area contributed by atoms with Crippen molar-refractivity contribution in [3.8, 4) is 11.5 Å². The molecule has 0 saturated carbocycles. The lowest BCUT2D eigenvalue weighted by atomic mass is 9.98. The predicted octanol–water partition coefficient (Wildman–Crippen LogP) is 3.87. The maximum Gasteiger partial charge on any atom is 0.324 e. The highest BCUT2D eigenvalue weighted by molar-refractivity contribution is 7.93. The van der Waals surface area contributed by atoms with Crippen LogP contribution in [0.15, 0.2) is 88.7 Å². The van der Waals surface area contributed by atoms with E-state index >= 15 is 0 Å². The Labute approximate surface area is 289 Å². The van der Waals surface area contributed by atoms with Crippen molar-refractivity contribution in [1.82, 2.24) is 5.32 Å². The molecule has 266 valence electrons. The molecule has 0 aliphatic heterocycles. The monoisotopic (exact) mass is 727 g/mol. The highest BCUT2D eigenvalue weighted by atomic mass is 32.2. The van der Waals surface area contributed by atoms with Crippen LogP contribution >= 0.6 is 0 Å². The molecule has 4 aromatic carbocycles. The maximum absolute atomic E-state index is 14.3. The molecule has 0 bridgehead atoms. The number of hydrogen-bond acceptors (Lipinski definition) is 9.